The van der Waals surface area contributed by atoms with Gasteiger partial charge in [0.25, 0.3) is 10.0 Å². The van der Waals surface area contributed by atoms with Gasteiger partial charge in [-0.1, -0.05) is 18.2 Å². The van der Waals surface area contributed by atoms with Crippen LogP contribution in [0.4, 0.5) is 0 Å². The summed E-state index contributed by atoms with van der Waals surface area (Å²) in [5.41, 5.74) is 2.05. The molecule has 0 bridgehead atoms. The van der Waals surface area contributed by atoms with E-state index in [9.17, 15) is 8.42 Å². The van der Waals surface area contributed by atoms with E-state index in [1.54, 1.807) is 18.2 Å². The first-order chi connectivity index (χ1) is 6.17. The molecule has 0 saturated carbocycles. The second kappa shape index (κ2) is 4.33. The Morgan fingerprint density at radius 1 is 1.23 bits per heavy atom. The van der Waals surface area contributed by atoms with Crippen molar-refractivity contribution in [2.45, 2.75) is 4.90 Å². The standard InChI is InChI=1S/C7H10N2O3S/c1-12-8-9-13(10,11)7-5-3-2-4-6-7/h2-6,8-9H,1H3. The van der Waals surface area contributed by atoms with Crippen LogP contribution in [0.3, 0.4) is 0 Å². The van der Waals surface area contributed by atoms with Crippen LogP contribution in [0.25, 0.3) is 0 Å². The van der Waals surface area contributed by atoms with E-state index in [1.807, 2.05) is 10.4 Å². The van der Waals surface area contributed by atoms with Gasteiger partial charge in [0, 0.05) is 0 Å². The third kappa shape index (κ3) is 2.78. The largest absolute Gasteiger partial charge is 0.289 e. The van der Waals surface area contributed by atoms with Crippen molar-refractivity contribution in [2.75, 3.05) is 7.11 Å². The van der Waals surface area contributed by atoms with Crippen LogP contribution >= 0.6 is 0 Å². The first-order valence-electron chi connectivity index (χ1n) is 3.51. The van der Waals surface area contributed by atoms with Gasteiger partial charge in [0.05, 0.1) is 12.0 Å². The van der Waals surface area contributed by atoms with Gasteiger partial charge in [-0.3, -0.25) is 4.84 Å². The summed E-state index contributed by atoms with van der Waals surface area (Å²) in [5.74, 6) is 0. The first-order valence-corrected chi connectivity index (χ1v) is 5.00. The minimum atomic E-state index is -3.51. The molecule has 0 aromatic heterocycles. The molecule has 0 aliphatic rings. The Morgan fingerprint density at radius 3 is 2.38 bits per heavy atom. The lowest BCUT2D eigenvalue weighted by atomic mass is 10.4. The molecule has 0 aliphatic heterocycles. The Morgan fingerprint density at radius 2 is 1.85 bits per heavy atom. The number of hydrogen-bond donors (Lipinski definition) is 2. The van der Waals surface area contributed by atoms with Crippen LogP contribution < -0.4 is 10.4 Å². The van der Waals surface area contributed by atoms with Crippen molar-refractivity contribution in [1.82, 2.24) is 10.4 Å². The van der Waals surface area contributed by atoms with Crippen LogP contribution in [0.5, 0.6) is 0 Å². The van der Waals surface area contributed by atoms with Crippen LogP contribution in [-0.4, -0.2) is 15.5 Å². The summed E-state index contributed by atoms with van der Waals surface area (Å²) in [6.45, 7) is 0. The first kappa shape index (κ1) is 10.1. The maximum atomic E-state index is 11.3. The van der Waals surface area contributed by atoms with Gasteiger partial charge in [0.1, 0.15) is 0 Å². The van der Waals surface area contributed by atoms with Gasteiger partial charge in [0.2, 0.25) is 0 Å². The molecule has 1 aromatic rings. The van der Waals surface area contributed by atoms with E-state index in [1.165, 1.54) is 19.2 Å². The van der Waals surface area contributed by atoms with E-state index in [0.717, 1.165) is 0 Å². The highest BCUT2D eigenvalue weighted by Crippen LogP contribution is 2.05. The van der Waals surface area contributed by atoms with Crippen molar-refractivity contribution >= 4 is 10.0 Å². The fourth-order valence-corrected chi connectivity index (χ4v) is 1.58. The number of nitrogens with one attached hydrogen (secondary N) is 2. The fourth-order valence-electron chi connectivity index (χ4n) is 0.755. The average molecular weight is 202 g/mol. The predicted molar refractivity (Wildman–Crippen MR) is 46.9 cm³/mol. The lowest BCUT2D eigenvalue weighted by Crippen LogP contribution is -2.36. The fraction of sp³-hybridized carbons (Fsp3) is 0.143. The summed E-state index contributed by atoms with van der Waals surface area (Å²) in [6.07, 6.45) is 0. The van der Waals surface area contributed by atoms with Crippen molar-refractivity contribution in [3.63, 3.8) is 0 Å². The second-order valence-electron chi connectivity index (χ2n) is 2.22. The average Bonchev–Trinajstić information content (AvgIpc) is 2.16. The molecule has 1 rings (SSSR count). The van der Waals surface area contributed by atoms with Crippen LogP contribution in [0.15, 0.2) is 35.2 Å². The maximum absolute atomic E-state index is 11.3. The number of hydrazine groups is 1. The monoisotopic (exact) mass is 202 g/mol. The number of sulfonamides is 1. The van der Waals surface area contributed by atoms with Crippen LogP contribution in [0, 0.1) is 0 Å². The molecule has 0 heterocycles. The molecule has 0 amide bonds. The number of benzene rings is 1. The van der Waals surface area contributed by atoms with E-state index in [4.69, 9.17) is 0 Å². The van der Waals surface area contributed by atoms with Crippen LogP contribution in [-0.2, 0) is 14.9 Å². The van der Waals surface area contributed by atoms with Crippen molar-refractivity contribution in [3.8, 4) is 0 Å². The molecular weight excluding hydrogens is 192 g/mol. The van der Waals surface area contributed by atoms with Crippen molar-refractivity contribution < 1.29 is 13.3 Å². The molecule has 0 fully saturated rings. The minimum absolute atomic E-state index is 0.180. The van der Waals surface area contributed by atoms with Gasteiger partial charge >= 0.3 is 0 Å². The molecule has 6 heteroatoms. The van der Waals surface area contributed by atoms with E-state index in [-0.39, 0.29) is 4.90 Å². The molecule has 0 radical (unpaired) electrons. The molecule has 5 nitrogen and oxygen atoms in total. The summed E-state index contributed by atoms with van der Waals surface area (Å²) < 4.78 is 22.7. The van der Waals surface area contributed by atoms with E-state index in [2.05, 4.69) is 4.84 Å². The molecule has 1 aromatic carbocycles. The molecule has 0 spiro atoms. The molecular formula is C7H10N2O3S. The predicted octanol–water partition coefficient (Wildman–Crippen LogP) is 0.0309. The Hall–Kier alpha value is -0.950. The number of rotatable bonds is 4. The topological polar surface area (TPSA) is 67.4 Å². The van der Waals surface area contributed by atoms with E-state index < -0.39 is 10.0 Å². The smallest absolute Gasteiger partial charge is 0.255 e. The van der Waals surface area contributed by atoms with Crippen molar-refractivity contribution in [1.29, 1.82) is 0 Å². The Kier molecular flexibility index (Phi) is 3.38. The minimum Gasteiger partial charge on any atom is -0.289 e. The molecule has 72 valence electrons. The van der Waals surface area contributed by atoms with Crippen LogP contribution in [0.1, 0.15) is 0 Å². The molecule has 0 unspecified atom stereocenters. The maximum Gasteiger partial charge on any atom is 0.255 e. The van der Waals surface area contributed by atoms with Crippen LogP contribution in [0.2, 0.25) is 0 Å². The zero-order valence-corrected chi connectivity index (χ0v) is 7.84. The highest BCUT2D eigenvalue weighted by atomic mass is 32.2. The summed E-state index contributed by atoms with van der Waals surface area (Å²) in [4.78, 5) is 6.56. The van der Waals surface area contributed by atoms with Gasteiger partial charge in [-0.2, -0.15) is 0 Å². The molecule has 0 aliphatic carbocycles. The quantitative estimate of drug-likeness (QED) is 0.676. The summed E-state index contributed by atoms with van der Waals surface area (Å²) in [5, 5.41) is 0. The third-order valence-electron chi connectivity index (χ3n) is 1.33. The van der Waals surface area contributed by atoms with E-state index in [0.29, 0.717) is 0 Å². The van der Waals surface area contributed by atoms with Gasteiger partial charge < -0.3 is 0 Å². The van der Waals surface area contributed by atoms with E-state index >= 15 is 0 Å². The number of hydrogen-bond acceptors (Lipinski definition) is 4. The Balaban J connectivity index is 2.83. The highest BCUT2D eigenvalue weighted by molar-refractivity contribution is 7.89. The highest BCUT2D eigenvalue weighted by Gasteiger charge is 2.11. The normalized spacial score (nSPS) is 11.5. The summed E-state index contributed by atoms with van der Waals surface area (Å²) in [6, 6.07) is 7.99. The van der Waals surface area contributed by atoms with Gasteiger partial charge in [-0.25, -0.2) is 8.42 Å². The zero-order chi connectivity index (χ0) is 9.73. The third-order valence-corrected chi connectivity index (χ3v) is 2.58. The van der Waals surface area contributed by atoms with Crippen molar-refractivity contribution in [2.24, 2.45) is 0 Å². The Labute approximate surface area is 76.7 Å². The summed E-state index contributed by atoms with van der Waals surface area (Å²) in [7, 11) is -2.20. The lowest BCUT2D eigenvalue weighted by molar-refractivity contribution is 0.0767. The van der Waals surface area contributed by atoms with Crippen molar-refractivity contribution in [3.05, 3.63) is 30.3 Å². The molecule has 0 atom stereocenters. The molecule has 2 N–H and O–H groups in total. The molecule has 13 heavy (non-hydrogen) atoms. The second-order valence-corrected chi connectivity index (χ2v) is 3.91. The van der Waals surface area contributed by atoms with Gasteiger partial charge in [-0.15, -0.1) is 10.4 Å². The summed E-state index contributed by atoms with van der Waals surface area (Å²) >= 11 is 0. The SMILES string of the molecule is CONNS(=O)(=O)c1ccccc1. The lowest BCUT2D eigenvalue weighted by Gasteiger charge is -2.05. The van der Waals surface area contributed by atoms with Gasteiger partial charge in [-0.05, 0) is 12.1 Å². The van der Waals surface area contributed by atoms with Gasteiger partial charge in [0.15, 0.2) is 0 Å². The Bertz CT molecular complexity index is 349. The molecule has 0 saturated heterocycles. The zero-order valence-electron chi connectivity index (χ0n) is 7.02.